The lowest BCUT2D eigenvalue weighted by Crippen LogP contribution is -2.42. The van der Waals surface area contributed by atoms with Gasteiger partial charge in [-0.2, -0.15) is 0 Å². The number of benzene rings is 2. The van der Waals surface area contributed by atoms with Crippen molar-refractivity contribution in [1.29, 1.82) is 0 Å². The van der Waals surface area contributed by atoms with E-state index in [1.807, 2.05) is 49.1 Å². The van der Waals surface area contributed by atoms with Gasteiger partial charge in [-0.15, -0.1) is 0 Å². The maximum Gasteiger partial charge on any atom is 0.253 e. The molecule has 0 fully saturated rings. The highest BCUT2D eigenvalue weighted by Crippen LogP contribution is 2.38. The second-order valence-electron chi connectivity index (χ2n) is 8.01. The third-order valence-electron chi connectivity index (χ3n) is 6.04. The largest absolute Gasteiger partial charge is 0.367 e. The van der Waals surface area contributed by atoms with Crippen molar-refractivity contribution in [1.82, 2.24) is 4.90 Å². The first kappa shape index (κ1) is 21.9. The fraction of sp³-hybridized carbons (Fsp3) is 0.333. The molecule has 0 unspecified atom stereocenters. The first-order valence-corrected chi connectivity index (χ1v) is 11.2. The van der Waals surface area contributed by atoms with Gasteiger partial charge in [0.05, 0.1) is 0 Å². The van der Waals surface area contributed by atoms with E-state index in [-0.39, 0.29) is 5.92 Å². The molecule has 1 atom stereocenters. The molecule has 0 saturated heterocycles. The van der Waals surface area contributed by atoms with Crippen LogP contribution in [0.15, 0.2) is 46.0 Å². The lowest BCUT2D eigenvalue weighted by atomic mass is 9.84. The Balaban J connectivity index is 1.62. The normalized spacial score (nSPS) is 16.4. The molecule has 1 N–H and O–H groups in total. The number of halogens is 2. The summed E-state index contributed by atoms with van der Waals surface area (Å²) in [5.74, 6) is 0.149. The molecule has 0 spiro atoms. The van der Waals surface area contributed by atoms with Gasteiger partial charge in [-0.1, -0.05) is 35.3 Å². The van der Waals surface area contributed by atoms with Crippen LogP contribution in [0.2, 0.25) is 10.0 Å². The summed E-state index contributed by atoms with van der Waals surface area (Å²) in [5.41, 5.74) is 4.16. The van der Waals surface area contributed by atoms with E-state index in [1.165, 1.54) is 0 Å². The monoisotopic (exact) mass is 457 g/mol. The van der Waals surface area contributed by atoms with Crippen LogP contribution >= 0.6 is 23.2 Å². The smallest absolute Gasteiger partial charge is 0.253 e. The van der Waals surface area contributed by atoms with E-state index in [9.17, 15) is 9.59 Å². The molecule has 31 heavy (non-hydrogen) atoms. The van der Waals surface area contributed by atoms with Crippen LogP contribution in [-0.2, 0) is 6.54 Å². The van der Waals surface area contributed by atoms with Gasteiger partial charge in [-0.3, -0.25) is 9.59 Å². The van der Waals surface area contributed by atoms with E-state index in [0.29, 0.717) is 34.5 Å². The van der Waals surface area contributed by atoms with E-state index in [1.54, 1.807) is 6.07 Å². The number of hydrogen-bond donors (Lipinski definition) is 1. The van der Waals surface area contributed by atoms with E-state index in [0.717, 1.165) is 35.5 Å². The highest BCUT2D eigenvalue weighted by molar-refractivity contribution is 6.35. The van der Waals surface area contributed by atoms with E-state index >= 15 is 0 Å². The van der Waals surface area contributed by atoms with Gasteiger partial charge in [0.15, 0.2) is 0 Å². The molecule has 7 heteroatoms. The van der Waals surface area contributed by atoms with Crippen molar-refractivity contribution in [3.63, 3.8) is 0 Å². The van der Waals surface area contributed by atoms with Crippen LogP contribution < -0.4 is 21.1 Å². The number of nitrogens with zero attached hydrogens (tertiary/aromatic N) is 2. The number of anilines is 3. The Kier molecular flexibility index (Phi) is 6.11. The topological polar surface area (TPSA) is 52.6 Å². The van der Waals surface area contributed by atoms with Crippen LogP contribution in [0.25, 0.3) is 0 Å². The molecular weight excluding hydrogens is 433 g/mol. The van der Waals surface area contributed by atoms with E-state index in [2.05, 4.69) is 17.3 Å². The van der Waals surface area contributed by atoms with Crippen LogP contribution in [0.4, 0.5) is 17.1 Å². The molecule has 1 heterocycles. The Morgan fingerprint density at radius 3 is 2.39 bits per heavy atom. The first-order valence-electron chi connectivity index (χ1n) is 10.5. The molecule has 1 aliphatic rings. The third-order valence-corrected chi connectivity index (χ3v) is 6.60. The third kappa shape index (κ3) is 3.98. The highest BCUT2D eigenvalue weighted by Gasteiger charge is 2.28. The first-order chi connectivity index (χ1) is 14.8. The minimum atomic E-state index is -0.460. The molecule has 5 nitrogen and oxygen atoms in total. The van der Waals surface area contributed by atoms with Crippen molar-refractivity contribution >= 4 is 40.3 Å². The summed E-state index contributed by atoms with van der Waals surface area (Å²) in [6.45, 7) is 6.94. The standard InChI is InChI=1S/C24H25Cl2N3O2/c1-4-29(5-2)22-21(23(30)24(22)31)27-16-8-6-14(7-9-16)18-12-28(3)13-19-17(18)10-15(25)11-20(19)26/h6-11,18,27H,4-5,12-13H2,1-3H3/t18-/m0/s1. The Labute approximate surface area is 191 Å². The number of nitrogens with one attached hydrogen (secondary N) is 1. The molecule has 0 amide bonds. The second kappa shape index (κ2) is 8.65. The fourth-order valence-corrected chi connectivity index (χ4v) is 4.98. The van der Waals surface area contributed by atoms with Crippen molar-refractivity contribution in [3.05, 3.63) is 83.6 Å². The van der Waals surface area contributed by atoms with Gasteiger partial charge in [-0.05, 0) is 61.9 Å². The number of hydrogen-bond acceptors (Lipinski definition) is 5. The van der Waals surface area contributed by atoms with Crippen LogP contribution in [-0.4, -0.2) is 31.6 Å². The zero-order valence-electron chi connectivity index (χ0n) is 17.8. The lowest BCUT2D eigenvalue weighted by Gasteiger charge is -2.33. The minimum Gasteiger partial charge on any atom is -0.367 e. The summed E-state index contributed by atoms with van der Waals surface area (Å²) in [5, 5.41) is 4.48. The molecule has 4 rings (SSSR count). The van der Waals surface area contributed by atoms with Gasteiger partial charge in [-0.25, -0.2) is 0 Å². The SMILES string of the molecule is CCN(CC)c1c(Nc2ccc([C@@H]3CN(C)Cc4c(Cl)cc(Cl)cc43)cc2)c(=O)c1=O. The average molecular weight is 458 g/mol. The molecule has 1 aliphatic heterocycles. The lowest BCUT2D eigenvalue weighted by molar-refractivity contribution is 0.295. The maximum atomic E-state index is 12.1. The average Bonchev–Trinajstić information content (AvgIpc) is 2.76. The second-order valence-corrected chi connectivity index (χ2v) is 8.85. The summed E-state index contributed by atoms with van der Waals surface area (Å²) < 4.78 is 0. The van der Waals surface area contributed by atoms with Crippen LogP contribution in [0.1, 0.15) is 36.5 Å². The predicted octanol–water partition coefficient (Wildman–Crippen LogP) is 4.76. The van der Waals surface area contributed by atoms with Gasteiger partial charge in [0.1, 0.15) is 11.4 Å². The molecule has 0 bridgehead atoms. The van der Waals surface area contributed by atoms with Crippen molar-refractivity contribution < 1.29 is 0 Å². The molecule has 0 saturated carbocycles. The van der Waals surface area contributed by atoms with E-state index in [4.69, 9.17) is 23.2 Å². The highest BCUT2D eigenvalue weighted by atomic mass is 35.5. The van der Waals surface area contributed by atoms with Gasteiger partial charge >= 0.3 is 0 Å². The molecule has 0 aliphatic carbocycles. The van der Waals surface area contributed by atoms with Crippen molar-refractivity contribution in [2.75, 3.05) is 36.9 Å². The Hall–Kier alpha value is -2.34. The van der Waals surface area contributed by atoms with Crippen LogP contribution in [0, 0.1) is 0 Å². The quantitative estimate of drug-likeness (QED) is 0.540. The predicted molar refractivity (Wildman–Crippen MR) is 129 cm³/mol. The zero-order chi connectivity index (χ0) is 22.3. The Bertz CT molecular complexity index is 1180. The Morgan fingerprint density at radius 1 is 1.06 bits per heavy atom. The summed E-state index contributed by atoms with van der Waals surface area (Å²) in [6, 6.07) is 11.8. The zero-order valence-corrected chi connectivity index (χ0v) is 19.3. The molecular formula is C24H25Cl2N3O2. The van der Waals surface area contributed by atoms with Gasteiger partial charge in [0, 0.05) is 47.8 Å². The van der Waals surface area contributed by atoms with Crippen molar-refractivity contribution in [2.45, 2.75) is 26.3 Å². The van der Waals surface area contributed by atoms with Gasteiger partial charge < -0.3 is 15.1 Å². The van der Waals surface area contributed by atoms with Crippen molar-refractivity contribution in [3.8, 4) is 0 Å². The number of rotatable bonds is 6. The molecule has 0 aromatic heterocycles. The van der Waals surface area contributed by atoms with E-state index < -0.39 is 10.9 Å². The number of fused-ring (bicyclic) bond motifs is 1. The van der Waals surface area contributed by atoms with Crippen LogP contribution in [0.5, 0.6) is 0 Å². The maximum absolute atomic E-state index is 12.1. The number of likely N-dealkylation sites (N-methyl/N-ethyl adjacent to an activating group) is 1. The minimum absolute atomic E-state index is 0.149. The molecule has 0 radical (unpaired) electrons. The van der Waals surface area contributed by atoms with Gasteiger partial charge in [0.25, 0.3) is 10.9 Å². The van der Waals surface area contributed by atoms with Crippen molar-refractivity contribution in [2.24, 2.45) is 0 Å². The molecule has 162 valence electrons. The molecule has 3 aromatic rings. The summed E-state index contributed by atoms with van der Waals surface area (Å²) in [4.78, 5) is 28.4. The van der Waals surface area contributed by atoms with Gasteiger partial charge in [0.2, 0.25) is 0 Å². The molecule has 3 aromatic carbocycles. The summed E-state index contributed by atoms with van der Waals surface area (Å²) in [6.07, 6.45) is 0. The summed E-state index contributed by atoms with van der Waals surface area (Å²) in [7, 11) is 2.08. The Morgan fingerprint density at radius 2 is 1.74 bits per heavy atom. The van der Waals surface area contributed by atoms with Crippen LogP contribution in [0.3, 0.4) is 0 Å². The summed E-state index contributed by atoms with van der Waals surface area (Å²) >= 11 is 12.8. The fourth-order valence-electron chi connectivity index (χ4n) is 4.41.